The lowest BCUT2D eigenvalue weighted by molar-refractivity contribution is -0.136. The number of aliphatic carboxylic acids is 1. The number of H-pyrrole nitrogens is 1. The second kappa shape index (κ2) is 13.0. The van der Waals surface area contributed by atoms with Crippen molar-refractivity contribution in [1.29, 1.82) is 0 Å². The minimum atomic E-state index is -1.32. The number of aromatic nitrogens is 1. The third kappa shape index (κ3) is 7.04. The molecule has 0 radical (unpaired) electrons. The van der Waals surface area contributed by atoms with Gasteiger partial charge in [-0.3, -0.25) is 9.79 Å². The van der Waals surface area contributed by atoms with E-state index in [1.807, 2.05) is 6.07 Å². The number of hydrogen-bond donors (Lipinski definition) is 3. The summed E-state index contributed by atoms with van der Waals surface area (Å²) in [5.41, 5.74) is 7.58. The summed E-state index contributed by atoms with van der Waals surface area (Å²) in [5.74, 6) is -0.457. The van der Waals surface area contributed by atoms with Gasteiger partial charge in [0.15, 0.2) is 17.4 Å². The number of amidine groups is 2. The van der Waals surface area contributed by atoms with E-state index in [9.17, 15) is 9.90 Å². The number of nitrogens with zero attached hydrogens (tertiary/aromatic N) is 2. The van der Waals surface area contributed by atoms with Crippen LogP contribution in [0.1, 0.15) is 43.0 Å². The Kier molecular flexibility index (Phi) is 9.31. The van der Waals surface area contributed by atoms with Crippen LogP contribution in [0.25, 0.3) is 10.9 Å². The molecule has 4 aromatic rings. The Morgan fingerprint density at radius 3 is 2.69 bits per heavy atom. The first-order valence-electron chi connectivity index (χ1n) is 14.5. The van der Waals surface area contributed by atoms with Gasteiger partial charge in [-0.25, -0.2) is 13.8 Å². The molecule has 2 heterocycles. The van der Waals surface area contributed by atoms with Crippen LogP contribution in [-0.4, -0.2) is 52.9 Å². The first-order chi connectivity index (χ1) is 21.4. The zero-order valence-electron chi connectivity index (χ0n) is 25.6. The van der Waals surface area contributed by atoms with E-state index in [1.165, 1.54) is 31.3 Å². The van der Waals surface area contributed by atoms with Gasteiger partial charge in [-0.15, -0.1) is 0 Å². The van der Waals surface area contributed by atoms with E-state index in [4.69, 9.17) is 15.2 Å². The van der Waals surface area contributed by atoms with Crippen LogP contribution in [0.4, 0.5) is 8.78 Å². The zero-order valence-corrected chi connectivity index (χ0v) is 26.4. The quantitative estimate of drug-likeness (QED) is 0.227. The zero-order chi connectivity index (χ0) is 32.4. The molecule has 1 aromatic heterocycles. The molecule has 4 N–H and O–H groups in total. The van der Waals surface area contributed by atoms with E-state index < -0.39 is 23.2 Å². The maximum atomic E-state index is 15.5. The van der Waals surface area contributed by atoms with E-state index in [-0.39, 0.29) is 47.2 Å². The van der Waals surface area contributed by atoms with E-state index in [0.29, 0.717) is 40.1 Å². The number of rotatable bonds is 3. The summed E-state index contributed by atoms with van der Waals surface area (Å²) >= 11 is 1.71. The molecule has 0 fully saturated rings. The Bertz CT molecular complexity index is 1800. The molecule has 1 aliphatic heterocycles. The molecule has 0 saturated heterocycles. The molecule has 3 aromatic carbocycles. The number of nitrogens with two attached hydrogens (primary N) is 1. The van der Waals surface area contributed by atoms with Crippen molar-refractivity contribution < 1.29 is 28.2 Å². The van der Waals surface area contributed by atoms with Gasteiger partial charge in [-0.1, -0.05) is 38.1 Å². The first kappa shape index (κ1) is 32.2. The number of benzene rings is 3. The van der Waals surface area contributed by atoms with Gasteiger partial charge in [0.05, 0.1) is 18.6 Å². The third-order valence-electron chi connectivity index (χ3n) is 7.77. The number of nitrogens with one attached hydrogen (secondary N) is 1. The fourth-order valence-corrected chi connectivity index (χ4v) is 6.38. The van der Waals surface area contributed by atoms with E-state index in [2.05, 4.69) is 28.8 Å². The van der Waals surface area contributed by atoms with Crippen molar-refractivity contribution in [2.45, 2.75) is 39.2 Å². The molecule has 236 valence electrons. The number of carbonyl (C=O) groups is 1. The molecule has 0 aliphatic carbocycles. The summed E-state index contributed by atoms with van der Waals surface area (Å²) in [6.07, 6.45) is 2.11. The number of aromatic amines is 1. The molecule has 1 atom stereocenters. The molecular formula is C34H36F2N4O4S. The Morgan fingerprint density at radius 2 is 1.93 bits per heavy atom. The number of thioether (sulfide) groups is 1. The van der Waals surface area contributed by atoms with Crippen LogP contribution in [0.2, 0.25) is 0 Å². The van der Waals surface area contributed by atoms with E-state index in [0.717, 1.165) is 5.39 Å². The van der Waals surface area contributed by atoms with E-state index in [1.54, 1.807) is 49.1 Å². The Labute approximate surface area is 264 Å². The number of aliphatic imine (C=N–C) groups is 2. The molecule has 45 heavy (non-hydrogen) atoms. The molecule has 5 rings (SSSR count). The fraction of sp³-hybridized carbons (Fsp3) is 0.324. The van der Waals surface area contributed by atoms with Crippen LogP contribution in [0, 0.1) is 17.0 Å². The molecule has 11 heteroatoms. The Morgan fingerprint density at radius 1 is 1.13 bits per heavy atom. The summed E-state index contributed by atoms with van der Waals surface area (Å²) in [6, 6.07) is 14.3. The third-order valence-corrected chi connectivity index (χ3v) is 9.24. The molecular weight excluding hydrogens is 598 g/mol. The lowest BCUT2D eigenvalue weighted by atomic mass is 9.91. The smallest absolute Gasteiger partial charge is 0.307 e. The van der Waals surface area contributed by atoms with Crippen LogP contribution in [-0.2, 0) is 28.0 Å². The van der Waals surface area contributed by atoms with Crippen LogP contribution in [0.15, 0.2) is 70.8 Å². The van der Waals surface area contributed by atoms with Crippen LogP contribution >= 0.6 is 11.8 Å². The monoisotopic (exact) mass is 634 g/mol. The van der Waals surface area contributed by atoms with Crippen molar-refractivity contribution in [3.05, 3.63) is 94.7 Å². The van der Waals surface area contributed by atoms with Crippen molar-refractivity contribution in [3.63, 3.8) is 0 Å². The Balaban J connectivity index is 1.64. The number of halogens is 2. The molecule has 0 spiro atoms. The predicted octanol–water partition coefficient (Wildman–Crippen LogP) is 6.85. The number of fused-ring (bicyclic) bond motifs is 5. The van der Waals surface area contributed by atoms with Gasteiger partial charge in [-0.2, -0.15) is 11.8 Å². The number of ether oxygens (including phenoxy) is 2. The molecule has 0 amide bonds. The molecule has 0 saturated carbocycles. The summed E-state index contributed by atoms with van der Waals surface area (Å²) < 4.78 is 43.5. The van der Waals surface area contributed by atoms with Gasteiger partial charge < -0.3 is 25.3 Å². The van der Waals surface area contributed by atoms with Crippen LogP contribution < -0.4 is 10.5 Å². The number of carboxylic acids is 1. The maximum Gasteiger partial charge on any atom is 0.307 e. The van der Waals surface area contributed by atoms with Gasteiger partial charge >= 0.3 is 5.97 Å². The topological polar surface area (TPSA) is 122 Å². The summed E-state index contributed by atoms with van der Waals surface area (Å²) in [7, 11) is 1.46. The second-order valence-electron chi connectivity index (χ2n) is 12.0. The number of hydrogen-bond acceptors (Lipinski definition) is 6. The minimum Gasteiger partial charge on any atom is -0.481 e. The summed E-state index contributed by atoms with van der Waals surface area (Å²) in [4.78, 5) is 23.3. The highest BCUT2D eigenvalue weighted by molar-refractivity contribution is 7.99. The van der Waals surface area contributed by atoms with Crippen LogP contribution in [0.3, 0.4) is 0 Å². The standard InChI is InChI=1S/C34H36F2N4O4S/c1-33(2)18-43-34(3,21-7-5-6-20(14-21)15-29(41)42)32(37)40-31(38-4)25-16-22(8-9-26(25)35)44-30-24(11-13-45-19-33)23-10-12-39-28(23)17-27(30)36/h5-10,12,14,16-17,39H,11,13,15,18-19H2,1-4H3,(H,41,42)(H2,37,38,40). The van der Waals surface area contributed by atoms with Gasteiger partial charge in [0.25, 0.3) is 0 Å². The highest BCUT2D eigenvalue weighted by atomic mass is 32.2. The van der Waals surface area contributed by atoms with Gasteiger partial charge in [0.1, 0.15) is 23.0 Å². The van der Waals surface area contributed by atoms with E-state index >= 15 is 8.78 Å². The summed E-state index contributed by atoms with van der Waals surface area (Å²) in [6.45, 7) is 6.18. The highest BCUT2D eigenvalue weighted by Crippen LogP contribution is 2.37. The second-order valence-corrected chi connectivity index (χ2v) is 13.1. The molecule has 8 nitrogen and oxygen atoms in total. The average molecular weight is 635 g/mol. The highest BCUT2D eigenvalue weighted by Gasteiger charge is 2.36. The number of aryl methyl sites for hydroxylation is 1. The van der Waals surface area contributed by atoms with Crippen LogP contribution in [0.5, 0.6) is 11.5 Å². The van der Waals surface area contributed by atoms with Gasteiger partial charge in [0, 0.05) is 41.5 Å². The Hall–Kier alpha value is -4.22. The van der Waals surface area contributed by atoms with Crippen molar-refractivity contribution >= 4 is 40.3 Å². The van der Waals surface area contributed by atoms with Gasteiger partial charge in [-0.05, 0) is 59.9 Å². The predicted molar refractivity (Wildman–Crippen MR) is 175 cm³/mol. The normalized spacial score (nSPS) is 20.2. The molecule has 1 aliphatic rings. The largest absolute Gasteiger partial charge is 0.481 e. The molecule has 2 bridgehead atoms. The SMILES string of the molecule is CN=C1N=C(N)C(C)(c2cccc(CC(=O)O)c2)OCC(C)(C)CSCCc2c(c(F)cc3[nH]ccc23)Oc2ccc(F)c1c2. The fourth-order valence-electron chi connectivity index (χ4n) is 5.25. The van der Waals surface area contributed by atoms with Crippen molar-refractivity contribution in [1.82, 2.24) is 4.98 Å². The first-order valence-corrected chi connectivity index (χ1v) is 15.7. The maximum absolute atomic E-state index is 15.5. The van der Waals surface area contributed by atoms with Crippen molar-refractivity contribution in [2.75, 3.05) is 25.2 Å². The van der Waals surface area contributed by atoms with Crippen molar-refractivity contribution in [3.8, 4) is 11.5 Å². The minimum absolute atomic E-state index is 0.000283. The summed E-state index contributed by atoms with van der Waals surface area (Å²) in [5, 5.41) is 10.2. The lowest BCUT2D eigenvalue weighted by Gasteiger charge is -2.34. The lowest BCUT2D eigenvalue weighted by Crippen LogP contribution is -2.44. The molecule has 1 unspecified atom stereocenters. The number of carboxylic acid groups (broad SMARTS) is 1. The van der Waals surface area contributed by atoms with Crippen molar-refractivity contribution in [2.24, 2.45) is 21.1 Å². The van der Waals surface area contributed by atoms with Gasteiger partial charge in [0.2, 0.25) is 0 Å². The average Bonchev–Trinajstić information content (AvgIpc) is 3.46.